The number of rotatable bonds is 5. The van der Waals surface area contributed by atoms with Crippen LogP contribution in [0.1, 0.15) is 22.3 Å². The van der Waals surface area contributed by atoms with Gasteiger partial charge in [0.1, 0.15) is 5.75 Å². The van der Waals surface area contributed by atoms with Gasteiger partial charge in [-0.15, -0.1) is 0 Å². The first-order chi connectivity index (χ1) is 12.8. The highest BCUT2D eigenvalue weighted by Gasteiger charge is 2.17. The van der Waals surface area contributed by atoms with Gasteiger partial charge in [-0.2, -0.15) is 0 Å². The molecule has 0 aliphatic heterocycles. The number of halogens is 1. The Hall–Kier alpha value is -2.86. The van der Waals surface area contributed by atoms with E-state index in [1.807, 2.05) is 45.9 Å². The molecule has 1 amide bonds. The molecule has 0 saturated heterocycles. The molecule has 0 atom stereocenters. The molecule has 27 heavy (non-hydrogen) atoms. The Bertz CT molecular complexity index is 975. The lowest BCUT2D eigenvalue weighted by molar-refractivity contribution is -0.118. The summed E-state index contributed by atoms with van der Waals surface area (Å²) in [5, 5.41) is 11.1. The molecule has 0 bridgehead atoms. The number of hydrogen-bond donors (Lipinski definition) is 1. The number of ether oxygens (including phenoxy) is 1. The quantitative estimate of drug-likeness (QED) is 0.692. The summed E-state index contributed by atoms with van der Waals surface area (Å²) < 4.78 is 10.4. The van der Waals surface area contributed by atoms with Crippen LogP contribution >= 0.6 is 11.6 Å². The number of nitrogens with one attached hydrogen (secondary N) is 1. The lowest BCUT2D eigenvalue weighted by Gasteiger charge is -2.10. The van der Waals surface area contributed by atoms with Crippen molar-refractivity contribution in [1.29, 1.82) is 0 Å². The Morgan fingerprint density at radius 2 is 1.78 bits per heavy atom. The van der Waals surface area contributed by atoms with Gasteiger partial charge in [-0.05, 0) is 72.9 Å². The van der Waals surface area contributed by atoms with Gasteiger partial charge in [0.25, 0.3) is 5.91 Å². The van der Waals surface area contributed by atoms with Crippen LogP contribution in [0.4, 0.5) is 5.82 Å². The van der Waals surface area contributed by atoms with Gasteiger partial charge in [-0.25, -0.2) is 4.63 Å². The van der Waals surface area contributed by atoms with E-state index in [1.54, 1.807) is 12.1 Å². The number of nitrogens with zero attached hydrogens (tertiary/aromatic N) is 2. The summed E-state index contributed by atoms with van der Waals surface area (Å²) >= 11 is 6.15. The Morgan fingerprint density at radius 3 is 2.48 bits per heavy atom. The van der Waals surface area contributed by atoms with Gasteiger partial charge in [0.05, 0.1) is 0 Å². The van der Waals surface area contributed by atoms with E-state index in [2.05, 4.69) is 15.6 Å². The number of aromatic nitrogens is 2. The van der Waals surface area contributed by atoms with Crippen molar-refractivity contribution in [3.8, 4) is 17.0 Å². The molecule has 2 aromatic carbocycles. The molecule has 3 aromatic rings. The molecule has 1 heterocycles. The van der Waals surface area contributed by atoms with Crippen LogP contribution in [0.3, 0.4) is 0 Å². The largest absolute Gasteiger partial charge is 0.484 e. The summed E-state index contributed by atoms with van der Waals surface area (Å²) in [7, 11) is 0. The molecule has 7 heteroatoms. The fraction of sp³-hybridized carbons (Fsp3) is 0.250. The van der Waals surface area contributed by atoms with E-state index in [9.17, 15) is 4.79 Å². The second-order valence-corrected chi connectivity index (χ2v) is 6.87. The topological polar surface area (TPSA) is 77.3 Å². The molecule has 6 nitrogen and oxygen atoms in total. The normalized spacial score (nSPS) is 10.7. The fourth-order valence-electron chi connectivity index (χ4n) is 2.74. The Morgan fingerprint density at radius 1 is 1.07 bits per heavy atom. The van der Waals surface area contributed by atoms with E-state index < -0.39 is 0 Å². The number of aryl methyl sites for hydroxylation is 4. The van der Waals surface area contributed by atoms with E-state index >= 15 is 0 Å². The molecule has 1 aromatic heterocycles. The molecule has 3 rings (SSSR count). The molecule has 1 N–H and O–H groups in total. The SMILES string of the molecule is Cc1ccc(C)c(-c2nonc2NC(=O)COc2cc(C)c(Cl)c(C)c2)c1. The molecular weight excluding hydrogens is 366 g/mol. The van der Waals surface area contributed by atoms with Crippen LogP contribution in [0.15, 0.2) is 35.0 Å². The molecule has 0 fully saturated rings. The van der Waals surface area contributed by atoms with Gasteiger partial charge < -0.3 is 10.1 Å². The summed E-state index contributed by atoms with van der Waals surface area (Å²) in [6.07, 6.45) is 0. The third kappa shape index (κ3) is 4.28. The first kappa shape index (κ1) is 18.9. The van der Waals surface area contributed by atoms with Crippen molar-refractivity contribution in [1.82, 2.24) is 10.3 Å². The first-order valence-electron chi connectivity index (χ1n) is 8.44. The van der Waals surface area contributed by atoms with E-state index in [-0.39, 0.29) is 18.3 Å². The maximum absolute atomic E-state index is 12.3. The van der Waals surface area contributed by atoms with Gasteiger partial charge >= 0.3 is 0 Å². The van der Waals surface area contributed by atoms with E-state index in [0.717, 1.165) is 27.8 Å². The fourth-order valence-corrected chi connectivity index (χ4v) is 2.85. The highest BCUT2D eigenvalue weighted by Crippen LogP contribution is 2.28. The highest BCUT2D eigenvalue weighted by molar-refractivity contribution is 6.32. The average Bonchev–Trinajstić information content (AvgIpc) is 3.07. The predicted molar refractivity (Wildman–Crippen MR) is 104 cm³/mol. The van der Waals surface area contributed by atoms with E-state index in [4.69, 9.17) is 21.0 Å². The number of carbonyl (C=O) groups excluding carboxylic acids is 1. The molecule has 0 radical (unpaired) electrons. The number of amides is 1. The molecule has 0 aliphatic carbocycles. The summed E-state index contributed by atoms with van der Waals surface area (Å²) in [4.78, 5) is 12.3. The molecule has 0 saturated carbocycles. The highest BCUT2D eigenvalue weighted by atomic mass is 35.5. The summed E-state index contributed by atoms with van der Waals surface area (Å²) in [6.45, 7) is 7.56. The Kier molecular flexibility index (Phi) is 5.46. The van der Waals surface area contributed by atoms with Crippen LogP contribution in [-0.4, -0.2) is 22.8 Å². The van der Waals surface area contributed by atoms with Gasteiger partial charge in [-0.1, -0.05) is 29.3 Å². The van der Waals surface area contributed by atoms with Crippen LogP contribution in [0.5, 0.6) is 5.75 Å². The van der Waals surface area contributed by atoms with Crippen molar-refractivity contribution in [2.45, 2.75) is 27.7 Å². The second kappa shape index (κ2) is 7.80. The minimum atomic E-state index is -0.359. The summed E-state index contributed by atoms with van der Waals surface area (Å²) in [5.74, 6) is 0.487. The van der Waals surface area contributed by atoms with Gasteiger partial charge in [0.2, 0.25) is 5.82 Å². The van der Waals surface area contributed by atoms with Crippen LogP contribution in [0.2, 0.25) is 5.02 Å². The Balaban J connectivity index is 1.71. The summed E-state index contributed by atoms with van der Waals surface area (Å²) in [6, 6.07) is 9.55. The standard InChI is InChI=1S/C20H20ClN3O3/c1-11-5-6-12(2)16(7-11)19-20(24-27-23-19)22-17(25)10-26-15-8-13(3)18(21)14(4)9-15/h5-9H,10H2,1-4H3,(H,22,24,25). The maximum Gasteiger partial charge on any atom is 0.263 e. The number of anilines is 1. The van der Waals surface area contributed by atoms with Gasteiger partial charge in [0.15, 0.2) is 12.3 Å². The zero-order chi connectivity index (χ0) is 19.6. The van der Waals surface area contributed by atoms with Gasteiger partial charge in [-0.3, -0.25) is 4.79 Å². The van der Waals surface area contributed by atoms with Crippen LogP contribution in [0.25, 0.3) is 11.3 Å². The first-order valence-corrected chi connectivity index (χ1v) is 8.82. The van der Waals surface area contributed by atoms with Crippen molar-refractivity contribution >= 4 is 23.3 Å². The zero-order valence-corrected chi connectivity index (χ0v) is 16.3. The predicted octanol–water partition coefficient (Wildman–Crippen LogP) is 4.64. The third-order valence-electron chi connectivity index (χ3n) is 4.17. The van der Waals surface area contributed by atoms with E-state index in [1.165, 1.54) is 0 Å². The maximum atomic E-state index is 12.3. The summed E-state index contributed by atoms with van der Waals surface area (Å²) in [5.41, 5.74) is 5.22. The van der Waals surface area contributed by atoms with Crippen molar-refractivity contribution in [2.75, 3.05) is 11.9 Å². The van der Waals surface area contributed by atoms with E-state index in [0.29, 0.717) is 16.5 Å². The van der Waals surface area contributed by atoms with Crippen molar-refractivity contribution in [3.05, 3.63) is 57.6 Å². The minimum absolute atomic E-state index is 0.167. The number of hydrogen-bond acceptors (Lipinski definition) is 5. The average molecular weight is 386 g/mol. The third-order valence-corrected chi connectivity index (χ3v) is 4.77. The monoisotopic (exact) mass is 385 g/mol. The molecule has 140 valence electrons. The second-order valence-electron chi connectivity index (χ2n) is 6.49. The molecular formula is C20H20ClN3O3. The molecule has 0 aliphatic rings. The molecule has 0 unspecified atom stereocenters. The Labute approximate surface area is 162 Å². The minimum Gasteiger partial charge on any atom is -0.484 e. The lowest BCUT2D eigenvalue weighted by atomic mass is 10.0. The smallest absolute Gasteiger partial charge is 0.263 e. The lowest BCUT2D eigenvalue weighted by Crippen LogP contribution is -2.20. The van der Waals surface area contributed by atoms with Crippen molar-refractivity contribution < 1.29 is 14.2 Å². The van der Waals surface area contributed by atoms with Crippen molar-refractivity contribution in [2.24, 2.45) is 0 Å². The van der Waals surface area contributed by atoms with Crippen LogP contribution in [-0.2, 0) is 4.79 Å². The zero-order valence-electron chi connectivity index (χ0n) is 15.6. The van der Waals surface area contributed by atoms with Crippen LogP contribution < -0.4 is 10.1 Å². The van der Waals surface area contributed by atoms with Gasteiger partial charge in [0, 0.05) is 10.6 Å². The molecule has 0 spiro atoms. The van der Waals surface area contributed by atoms with Crippen LogP contribution in [0, 0.1) is 27.7 Å². The van der Waals surface area contributed by atoms with Crippen molar-refractivity contribution in [3.63, 3.8) is 0 Å². The number of benzene rings is 2. The number of carbonyl (C=O) groups is 1.